The van der Waals surface area contributed by atoms with Gasteiger partial charge in [-0.1, -0.05) is 18.6 Å². The largest absolute Gasteiger partial charge is 0.384 e. The first-order valence-electron chi connectivity index (χ1n) is 5.39. The summed E-state index contributed by atoms with van der Waals surface area (Å²) in [6.07, 6.45) is 6.43. The van der Waals surface area contributed by atoms with E-state index >= 15 is 0 Å². The van der Waals surface area contributed by atoms with Gasteiger partial charge >= 0.3 is 0 Å². The topological polar surface area (TPSA) is 9.23 Å². The highest BCUT2D eigenvalue weighted by molar-refractivity contribution is 5.26. The molecular formula is C12H20O. The SMILES string of the molecule is CC=C1CC2CCC1(COC)C2C. The van der Waals surface area contributed by atoms with E-state index in [1.807, 2.05) is 7.11 Å². The molecule has 3 atom stereocenters. The van der Waals surface area contributed by atoms with Crippen molar-refractivity contribution in [1.82, 2.24) is 0 Å². The lowest BCUT2D eigenvalue weighted by molar-refractivity contribution is 0.0884. The minimum Gasteiger partial charge on any atom is -0.384 e. The monoisotopic (exact) mass is 180 g/mol. The molecule has 2 aliphatic carbocycles. The van der Waals surface area contributed by atoms with E-state index < -0.39 is 0 Å². The summed E-state index contributed by atoms with van der Waals surface area (Å²) in [6.45, 7) is 5.53. The Labute approximate surface area is 81.2 Å². The maximum atomic E-state index is 5.41. The van der Waals surface area contributed by atoms with Crippen LogP contribution in [0.1, 0.15) is 33.1 Å². The van der Waals surface area contributed by atoms with Crippen molar-refractivity contribution in [1.29, 1.82) is 0 Å². The number of rotatable bonds is 2. The van der Waals surface area contributed by atoms with Crippen molar-refractivity contribution in [2.45, 2.75) is 33.1 Å². The predicted molar refractivity (Wildman–Crippen MR) is 54.6 cm³/mol. The third kappa shape index (κ3) is 1.10. The molecular weight excluding hydrogens is 160 g/mol. The molecule has 2 bridgehead atoms. The third-order valence-corrected chi connectivity index (χ3v) is 4.41. The van der Waals surface area contributed by atoms with E-state index in [4.69, 9.17) is 4.74 Å². The first-order chi connectivity index (χ1) is 6.24. The van der Waals surface area contributed by atoms with Crippen molar-refractivity contribution in [3.63, 3.8) is 0 Å². The second-order valence-electron chi connectivity index (χ2n) is 4.69. The second kappa shape index (κ2) is 3.13. The van der Waals surface area contributed by atoms with Crippen molar-refractivity contribution >= 4 is 0 Å². The molecule has 2 saturated carbocycles. The Kier molecular flexibility index (Phi) is 2.23. The lowest BCUT2D eigenvalue weighted by Crippen LogP contribution is -2.28. The van der Waals surface area contributed by atoms with Gasteiger partial charge in [0, 0.05) is 12.5 Å². The number of hydrogen-bond donors (Lipinski definition) is 0. The Morgan fingerprint density at radius 3 is 2.92 bits per heavy atom. The smallest absolute Gasteiger partial charge is 0.0558 e. The van der Waals surface area contributed by atoms with Gasteiger partial charge in [0.25, 0.3) is 0 Å². The summed E-state index contributed by atoms with van der Waals surface area (Å²) in [7, 11) is 1.83. The Balaban J connectivity index is 2.29. The molecule has 2 fully saturated rings. The Hall–Kier alpha value is -0.300. The van der Waals surface area contributed by atoms with Gasteiger partial charge in [0.05, 0.1) is 6.61 Å². The molecule has 0 aromatic carbocycles. The third-order valence-electron chi connectivity index (χ3n) is 4.41. The molecule has 0 aromatic rings. The van der Waals surface area contributed by atoms with Gasteiger partial charge in [-0.2, -0.15) is 0 Å². The highest BCUT2D eigenvalue weighted by Gasteiger charge is 2.53. The van der Waals surface area contributed by atoms with Gasteiger partial charge in [-0.25, -0.2) is 0 Å². The van der Waals surface area contributed by atoms with Gasteiger partial charge < -0.3 is 4.74 Å². The molecule has 0 N–H and O–H groups in total. The van der Waals surface area contributed by atoms with E-state index in [1.54, 1.807) is 5.57 Å². The first kappa shape index (κ1) is 9.26. The summed E-state index contributed by atoms with van der Waals surface area (Å²) in [5.74, 6) is 1.79. The van der Waals surface area contributed by atoms with E-state index in [9.17, 15) is 0 Å². The van der Waals surface area contributed by atoms with Crippen LogP contribution in [0.25, 0.3) is 0 Å². The van der Waals surface area contributed by atoms with Gasteiger partial charge in [0.1, 0.15) is 0 Å². The van der Waals surface area contributed by atoms with Crippen molar-refractivity contribution < 1.29 is 4.74 Å². The maximum absolute atomic E-state index is 5.41. The average molecular weight is 180 g/mol. The van der Waals surface area contributed by atoms with Crippen LogP contribution in [0.4, 0.5) is 0 Å². The minimum atomic E-state index is 0.425. The molecule has 3 unspecified atom stereocenters. The average Bonchev–Trinajstić information content (AvgIpc) is 2.57. The van der Waals surface area contributed by atoms with Crippen LogP contribution in [-0.2, 0) is 4.74 Å². The van der Waals surface area contributed by atoms with Crippen LogP contribution in [0.5, 0.6) is 0 Å². The van der Waals surface area contributed by atoms with Crippen LogP contribution in [-0.4, -0.2) is 13.7 Å². The van der Waals surface area contributed by atoms with Crippen molar-refractivity contribution in [3.8, 4) is 0 Å². The Bertz CT molecular complexity index is 231. The number of ether oxygens (including phenoxy) is 1. The lowest BCUT2D eigenvalue weighted by Gasteiger charge is -2.31. The van der Waals surface area contributed by atoms with E-state index in [0.29, 0.717) is 5.41 Å². The highest BCUT2D eigenvalue weighted by atomic mass is 16.5. The van der Waals surface area contributed by atoms with E-state index in [0.717, 1.165) is 18.4 Å². The molecule has 0 aliphatic heterocycles. The molecule has 0 amide bonds. The summed E-state index contributed by atoms with van der Waals surface area (Å²) in [4.78, 5) is 0. The molecule has 0 radical (unpaired) electrons. The van der Waals surface area contributed by atoms with Gasteiger partial charge in [0.2, 0.25) is 0 Å². The molecule has 13 heavy (non-hydrogen) atoms. The van der Waals surface area contributed by atoms with Crippen LogP contribution >= 0.6 is 0 Å². The van der Waals surface area contributed by atoms with Crippen molar-refractivity contribution in [2.24, 2.45) is 17.3 Å². The molecule has 0 heterocycles. The Morgan fingerprint density at radius 1 is 1.62 bits per heavy atom. The van der Waals surface area contributed by atoms with E-state index in [1.165, 1.54) is 19.3 Å². The molecule has 2 rings (SSSR count). The maximum Gasteiger partial charge on any atom is 0.0558 e. The van der Waals surface area contributed by atoms with E-state index in [-0.39, 0.29) is 0 Å². The molecule has 1 nitrogen and oxygen atoms in total. The molecule has 0 saturated heterocycles. The fraction of sp³-hybridized carbons (Fsp3) is 0.833. The Morgan fingerprint density at radius 2 is 2.38 bits per heavy atom. The zero-order valence-corrected chi connectivity index (χ0v) is 8.97. The fourth-order valence-electron chi connectivity index (χ4n) is 3.55. The van der Waals surface area contributed by atoms with Gasteiger partial charge in [-0.3, -0.25) is 0 Å². The van der Waals surface area contributed by atoms with Crippen LogP contribution in [0, 0.1) is 17.3 Å². The standard InChI is InChI=1S/C12H20O/c1-4-11-7-10-5-6-12(11,8-13-3)9(10)2/h4,9-10H,5-8H2,1-3H3. The van der Waals surface area contributed by atoms with Crippen molar-refractivity contribution in [2.75, 3.05) is 13.7 Å². The number of allylic oxidation sites excluding steroid dienone is 1. The number of hydrogen-bond acceptors (Lipinski definition) is 1. The van der Waals surface area contributed by atoms with Crippen LogP contribution in [0.2, 0.25) is 0 Å². The van der Waals surface area contributed by atoms with Gasteiger partial charge in [0.15, 0.2) is 0 Å². The number of fused-ring (bicyclic) bond motifs is 2. The minimum absolute atomic E-state index is 0.425. The fourth-order valence-corrected chi connectivity index (χ4v) is 3.55. The zero-order chi connectivity index (χ0) is 9.47. The lowest BCUT2D eigenvalue weighted by atomic mass is 9.76. The number of methoxy groups -OCH3 is 1. The van der Waals surface area contributed by atoms with Crippen LogP contribution in [0.3, 0.4) is 0 Å². The second-order valence-corrected chi connectivity index (χ2v) is 4.69. The summed E-state index contributed by atoms with van der Waals surface area (Å²) in [5.41, 5.74) is 2.09. The molecule has 74 valence electrons. The summed E-state index contributed by atoms with van der Waals surface area (Å²) < 4.78 is 5.41. The van der Waals surface area contributed by atoms with Gasteiger partial charge in [-0.05, 0) is 38.0 Å². The summed E-state index contributed by atoms with van der Waals surface area (Å²) in [5, 5.41) is 0. The van der Waals surface area contributed by atoms with Crippen LogP contribution < -0.4 is 0 Å². The normalized spacial score (nSPS) is 46.2. The van der Waals surface area contributed by atoms with Gasteiger partial charge in [-0.15, -0.1) is 0 Å². The first-order valence-corrected chi connectivity index (χ1v) is 5.39. The summed E-state index contributed by atoms with van der Waals surface area (Å²) >= 11 is 0. The highest BCUT2D eigenvalue weighted by Crippen LogP contribution is 2.61. The molecule has 0 spiro atoms. The van der Waals surface area contributed by atoms with Crippen molar-refractivity contribution in [3.05, 3.63) is 11.6 Å². The summed E-state index contributed by atoms with van der Waals surface area (Å²) in [6, 6.07) is 0. The zero-order valence-electron chi connectivity index (χ0n) is 8.97. The molecule has 2 aliphatic rings. The molecule has 1 heteroatoms. The predicted octanol–water partition coefficient (Wildman–Crippen LogP) is 3.02. The quantitative estimate of drug-likeness (QED) is 0.593. The van der Waals surface area contributed by atoms with Crippen LogP contribution in [0.15, 0.2) is 11.6 Å². The molecule has 0 aromatic heterocycles. The van der Waals surface area contributed by atoms with E-state index in [2.05, 4.69) is 19.9 Å².